The number of hydrogen-bond acceptors (Lipinski definition) is 3. The Morgan fingerprint density at radius 3 is 2.26 bits per heavy atom. The maximum atomic E-state index is 12.8. The first kappa shape index (κ1) is 13.5. The van der Waals surface area contributed by atoms with E-state index in [2.05, 4.69) is 0 Å². The molecule has 0 spiro atoms. The highest BCUT2D eigenvalue weighted by atomic mass is 32.2. The van der Waals surface area contributed by atoms with Gasteiger partial charge in [-0.3, -0.25) is 0 Å². The van der Waals surface area contributed by atoms with E-state index in [-0.39, 0.29) is 10.6 Å². The van der Waals surface area contributed by atoms with Gasteiger partial charge in [0.2, 0.25) is 0 Å². The van der Waals surface area contributed by atoms with Crippen LogP contribution in [0.5, 0.6) is 5.75 Å². The van der Waals surface area contributed by atoms with Gasteiger partial charge < -0.3 is 4.18 Å². The van der Waals surface area contributed by atoms with Gasteiger partial charge in [0.1, 0.15) is 16.5 Å². The van der Waals surface area contributed by atoms with E-state index < -0.39 is 15.9 Å². The first-order chi connectivity index (χ1) is 8.88. The molecule has 0 N–H and O–H groups in total. The lowest BCUT2D eigenvalue weighted by Crippen LogP contribution is -2.10. The number of aryl methyl sites for hydroxylation is 2. The van der Waals surface area contributed by atoms with Gasteiger partial charge in [-0.1, -0.05) is 12.1 Å². The van der Waals surface area contributed by atoms with E-state index in [0.717, 1.165) is 23.3 Å². The third-order valence-corrected chi connectivity index (χ3v) is 3.89. The molecule has 0 saturated heterocycles. The molecule has 5 heteroatoms. The van der Waals surface area contributed by atoms with Gasteiger partial charge in [-0.2, -0.15) is 8.42 Å². The van der Waals surface area contributed by atoms with Crippen molar-refractivity contribution in [1.29, 1.82) is 0 Å². The maximum Gasteiger partial charge on any atom is 0.339 e. The van der Waals surface area contributed by atoms with E-state index in [9.17, 15) is 12.8 Å². The van der Waals surface area contributed by atoms with Gasteiger partial charge in [0, 0.05) is 0 Å². The van der Waals surface area contributed by atoms with Crippen molar-refractivity contribution in [3.63, 3.8) is 0 Å². The van der Waals surface area contributed by atoms with Crippen LogP contribution >= 0.6 is 0 Å². The Hall–Kier alpha value is -1.88. The number of benzene rings is 2. The van der Waals surface area contributed by atoms with Crippen LogP contribution in [-0.4, -0.2) is 8.42 Å². The second kappa shape index (κ2) is 5.01. The molecule has 0 fully saturated rings. The molecule has 0 radical (unpaired) electrons. The summed E-state index contributed by atoms with van der Waals surface area (Å²) < 4.78 is 41.9. The van der Waals surface area contributed by atoms with E-state index in [1.165, 1.54) is 12.1 Å². The van der Waals surface area contributed by atoms with Crippen LogP contribution in [0.1, 0.15) is 11.1 Å². The highest BCUT2D eigenvalue weighted by molar-refractivity contribution is 7.87. The molecule has 0 aliphatic carbocycles. The molecular weight excluding hydrogens is 267 g/mol. The fourth-order valence-electron chi connectivity index (χ4n) is 1.56. The van der Waals surface area contributed by atoms with Gasteiger partial charge in [0.05, 0.1) is 0 Å². The second-order valence-corrected chi connectivity index (χ2v) is 5.81. The standard InChI is InChI=1S/C14H13FO3S/c1-10-3-4-11(2)14(9-10)18-19(16,17)13-7-5-12(15)6-8-13/h3-9H,1-2H3. The summed E-state index contributed by atoms with van der Waals surface area (Å²) in [5.74, 6) is -0.213. The Labute approximate surface area is 111 Å². The summed E-state index contributed by atoms with van der Waals surface area (Å²) in [5, 5.41) is 0. The third-order valence-electron chi connectivity index (χ3n) is 2.65. The van der Waals surface area contributed by atoms with Crippen molar-refractivity contribution in [3.05, 3.63) is 59.4 Å². The van der Waals surface area contributed by atoms with Crippen molar-refractivity contribution >= 4 is 10.1 Å². The Morgan fingerprint density at radius 2 is 1.63 bits per heavy atom. The molecule has 0 amide bonds. The summed E-state index contributed by atoms with van der Waals surface area (Å²) in [7, 11) is -3.94. The number of hydrogen-bond donors (Lipinski definition) is 0. The molecule has 0 aromatic heterocycles. The Bertz CT molecular complexity index is 691. The molecule has 0 saturated carbocycles. The smallest absolute Gasteiger partial charge is 0.339 e. The number of halogens is 1. The lowest BCUT2D eigenvalue weighted by Gasteiger charge is -2.10. The number of rotatable bonds is 3. The lowest BCUT2D eigenvalue weighted by atomic mass is 10.1. The zero-order valence-corrected chi connectivity index (χ0v) is 11.4. The zero-order chi connectivity index (χ0) is 14.0. The van der Waals surface area contributed by atoms with E-state index in [4.69, 9.17) is 4.18 Å². The minimum Gasteiger partial charge on any atom is -0.379 e. The normalized spacial score (nSPS) is 11.3. The van der Waals surface area contributed by atoms with Gasteiger partial charge in [-0.05, 0) is 55.3 Å². The first-order valence-electron chi connectivity index (χ1n) is 5.66. The van der Waals surface area contributed by atoms with Gasteiger partial charge in [0.25, 0.3) is 0 Å². The summed E-state index contributed by atoms with van der Waals surface area (Å²) in [6.45, 7) is 3.60. The van der Waals surface area contributed by atoms with Crippen LogP contribution in [0.15, 0.2) is 47.4 Å². The summed E-state index contributed by atoms with van der Waals surface area (Å²) >= 11 is 0. The third kappa shape index (κ3) is 3.12. The first-order valence-corrected chi connectivity index (χ1v) is 7.06. The molecule has 2 rings (SSSR count). The lowest BCUT2D eigenvalue weighted by molar-refractivity contribution is 0.483. The molecule has 0 unspecified atom stereocenters. The second-order valence-electron chi connectivity index (χ2n) is 4.26. The van der Waals surface area contributed by atoms with Crippen molar-refractivity contribution in [2.45, 2.75) is 18.7 Å². The monoisotopic (exact) mass is 280 g/mol. The summed E-state index contributed by atoms with van der Waals surface area (Å²) in [6.07, 6.45) is 0. The Morgan fingerprint density at radius 1 is 1.00 bits per heavy atom. The predicted octanol–water partition coefficient (Wildman–Crippen LogP) is 3.21. The summed E-state index contributed by atoms with van der Waals surface area (Å²) in [6, 6.07) is 9.82. The average molecular weight is 280 g/mol. The fraction of sp³-hybridized carbons (Fsp3) is 0.143. The molecular formula is C14H13FO3S. The SMILES string of the molecule is Cc1ccc(C)c(OS(=O)(=O)c2ccc(F)cc2)c1. The summed E-state index contributed by atoms with van der Waals surface area (Å²) in [4.78, 5) is -0.0743. The molecule has 2 aromatic carbocycles. The largest absolute Gasteiger partial charge is 0.379 e. The van der Waals surface area contributed by atoms with Crippen molar-refractivity contribution in [3.8, 4) is 5.75 Å². The highest BCUT2D eigenvalue weighted by Gasteiger charge is 2.17. The topological polar surface area (TPSA) is 43.4 Å². The molecule has 100 valence electrons. The molecule has 0 atom stereocenters. The molecule has 2 aromatic rings. The Kier molecular flexibility index (Phi) is 3.57. The average Bonchev–Trinajstić information content (AvgIpc) is 2.34. The van der Waals surface area contributed by atoms with Crippen LogP contribution < -0.4 is 4.18 Å². The molecule has 19 heavy (non-hydrogen) atoms. The van der Waals surface area contributed by atoms with Crippen molar-refractivity contribution in [2.75, 3.05) is 0 Å². The van der Waals surface area contributed by atoms with Crippen LogP contribution in [0.3, 0.4) is 0 Å². The molecule has 0 aliphatic rings. The molecule has 0 bridgehead atoms. The van der Waals surface area contributed by atoms with E-state index in [1.807, 2.05) is 13.0 Å². The van der Waals surface area contributed by atoms with Crippen molar-refractivity contribution in [1.82, 2.24) is 0 Å². The zero-order valence-electron chi connectivity index (χ0n) is 10.6. The predicted molar refractivity (Wildman–Crippen MR) is 70.1 cm³/mol. The van der Waals surface area contributed by atoms with Gasteiger partial charge in [-0.15, -0.1) is 0 Å². The Balaban J connectivity index is 2.36. The van der Waals surface area contributed by atoms with Crippen LogP contribution in [0.4, 0.5) is 4.39 Å². The van der Waals surface area contributed by atoms with E-state index >= 15 is 0 Å². The van der Waals surface area contributed by atoms with Crippen LogP contribution in [0.25, 0.3) is 0 Å². The molecule has 3 nitrogen and oxygen atoms in total. The van der Waals surface area contributed by atoms with Crippen molar-refractivity contribution in [2.24, 2.45) is 0 Å². The van der Waals surface area contributed by atoms with Crippen LogP contribution in [0.2, 0.25) is 0 Å². The minimum atomic E-state index is -3.94. The van der Waals surface area contributed by atoms with Gasteiger partial charge in [-0.25, -0.2) is 4.39 Å². The van der Waals surface area contributed by atoms with Crippen LogP contribution in [-0.2, 0) is 10.1 Å². The maximum absolute atomic E-state index is 12.8. The van der Waals surface area contributed by atoms with Crippen molar-refractivity contribution < 1.29 is 17.0 Å². The van der Waals surface area contributed by atoms with E-state index in [1.54, 1.807) is 19.1 Å². The fourth-order valence-corrected chi connectivity index (χ4v) is 2.55. The van der Waals surface area contributed by atoms with Gasteiger partial charge in [0.15, 0.2) is 0 Å². The molecule has 0 aliphatic heterocycles. The summed E-state index contributed by atoms with van der Waals surface area (Å²) in [5.41, 5.74) is 1.62. The van der Waals surface area contributed by atoms with Crippen LogP contribution in [0, 0.1) is 19.7 Å². The molecule has 0 heterocycles. The minimum absolute atomic E-state index is 0.0743. The quantitative estimate of drug-likeness (QED) is 0.811. The highest BCUT2D eigenvalue weighted by Crippen LogP contribution is 2.23. The van der Waals surface area contributed by atoms with E-state index in [0.29, 0.717) is 0 Å². The van der Waals surface area contributed by atoms with Gasteiger partial charge >= 0.3 is 10.1 Å².